The highest BCUT2D eigenvalue weighted by molar-refractivity contribution is 6.14. The Morgan fingerprint density at radius 2 is 0.839 bits per heavy atom. The van der Waals surface area contributed by atoms with E-state index in [2.05, 4.69) is 191 Å². The van der Waals surface area contributed by atoms with E-state index in [-0.39, 0.29) is 0 Å². The minimum Gasteiger partial charge on any atom is -0.398 e. The average molecular weight is 717 g/mol. The molecule has 0 fully saturated rings. The fourth-order valence-electron chi connectivity index (χ4n) is 8.83. The summed E-state index contributed by atoms with van der Waals surface area (Å²) in [4.78, 5) is 0. The van der Waals surface area contributed by atoms with Gasteiger partial charge in [0.05, 0.1) is 22.1 Å². The molecular weight excluding hydrogens is 681 g/mol. The highest BCUT2D eigenvalue weighted by atomic mass is 15.0. The first-order valence-electron chi connectivity index (χ1n) is 19.0. The van der Waals surface area contributed by atoms with Gasteiger partial charge in [0.25, 0.3) is 0 Å². The van der Waals surface area contributed by atoms with Gasteiger partial charge < -0.3 is 20.6 Å². The van der Waals surface area contributed by atoms with E-state index >= 15 is 0 Å². The van der Waals surface area contributed by atoms with Gasteiger partial charge in [0, 0.05) is 65.9 Å². The van der Waals surface area contributed by atoms with Crippen LogP contribution in [0.5, 0.6) is 0 Å². The van der Waals surface area contributed by atoms with Gasteiger partial charge in [-0.05, 0) is 76.1 Å². The Labute approximate surface area is 323 Å². The number of nitrogens with two attached hydrogens (primary N) is 2. The van der Waals surface area contributed by atoms with Crippen molar-refractivity contribution < 1.29 is 0 Å². The Morgan fingerprint density at radius 3 is 1.57 bits per heavy atom. The van der Waals surface area contributed by atoms with Crippen LogP contribution in [0, 0.1) is 0 Å². The highest BCUT2D eigenvalue weighted by Gasteiger charge is 2.17. The highest BCUT2D eigenvalue weighted by Crippen LogP contribution is 2.37. The molecule has 0 saturated heterocycles. The number of fused-ring (bicyclic) bond motifs is 8. The molecule has 0 aliphatic heterocycles. The molecule has 11 rings (SSSR count). The second-order valence-corrected chi connectivity index (χ2v) is 14.6. The van der Waals surface area contributed by atoms with Crippen molar-refractivity contribution in [2.75, 3.05) is 0 Å². The van der Waals surface area contributed by atoms with Gasteiger partial charge >= 0.3 is 0 Å². The molecule has 4 nitrogen and oxygen atoms in total. The number of hydrogen-bond donors (Lipinski definition) is 2. The Balaban J connectivity index is 1.17. The second kappa shape index (κ2) is 12.5. The van der Waals surface area contributed by atoms with E-state index in [1.54, 1.807) is 0 Å². The van der Waals surface area contributed by atoms with Crippen LogP contribution in [0.1, 0.15) is 11.1 Å². The third-order valence-corrected chi connectivity index (χ3v) is 11.4. The van der Waals surface area contributed by atoms with E-state index in [1.807, 2.05) is 12.1 Å². The topological polar surface area (TPSA) is 61.9 Å². The molecule has 0 atom stereocenters. The van der Waals surface area contributed by atoms with Crippen molar-refractivity contribution in [2.45, 2.75) is 0 Å². The van der Waals surface area contributed by atoms with Crippen LogP contribution in [0.25, 0.3) is 87.9 Å². The third-order valence-electron chi connectivity index (χ3n) is 11.4. The molecule has 0 amide bonds. The molecule has 0 spiro atoms. The average Bonchev–Trinajstić information content (AvgIpc) is 3.77. The zero-order valence-corrected chi connectivity index (χ0v) is 30.5. The lowest BCUT2D eigenvalue weighted by molar-refractivity contribution is 1.18. The van der Waals surface area contributed by atoms with Gasteiger partial charge in [0.2, 0.25) is 0 Å². The van der Waals surface area contributed by atoms with Crippen molar-refractivity contribution in [2.24, 2.45) is 11.5 Å². The van der Waals surface area contributed by atoms with Crippen molar-refractivity contribution in [1.82, 2.24) is 9.13 Å². The van der Waals surface area contributed by atoms with E-state index in [0.717, 1.165) is 65.8 Å². The molecule has 4 N–H and O–H groups in total. The summed E-state index contributed by atoms with van der Waals surface area (Å²) >= 11 is 0. The molecule has 0 saturated carbocycles. The normalized spacial score (nSPS) is 13.0. The molecule has 2 aromatic heterocycles. The van der Waals surface area contributed by atoms with Crippen molar-refractivity contribution in [3.05, 3.63) is 216 Å². The number of nitrogens with zero attached hydrogens (tertiary/aromatic N) is 2. The summed E-state index contributed by atoms with van der Waals surface area (Å²) < 4.78 is 4.71. The molecule has 4 heteroatoms. The molecule has 9 aromatic carbocycles. The lowest BCUT2D eigenvalue weighted by Crippen LogP contribution is -2.34. The second-order valence-electron chi connectivity index (χ2n) is 14.6. The predicted molar refractivity (Wildman–Crippen MR) is 236 cm³/mol. The summed E-state index contributed by atoms with van der Waals surface area (Å²) in [5.74, 6) is 0. The van der Waals surface area contributed by atoms with Gasteiger partial charge in [-0.2, -0.15) is 0 Å². The fraction of sp³-hybridized carbons (Fsp3) is 0. The molecule has 11 aromatic rings. The zero-order chi connectivity index (χ0) is 37.3. The smallest absolute Gasteiger partial charge is 0.0547 e. The first-order chi connectivity index (χ1) is 27.6. The lowest BCUT2D eigenvalue weighted by Gasteiger charge is -2.15. The van der Waals surface area contributed by atoms with Crippen LogP contribution >= 0.6 is 0 Å². The van der Waals surface area contributed by atoms with Gasteiger partial charge in [0.15, 0.2) is 0 Å². The van der Waals surface area contributed by atoms with Gasteiger partial charge in [0.1, 0.15) is 0 Å². The third kappa shape index (κ3) is 4.86. The summed E-state index contributed by atoms with van der Waals surface area (Å²) in [6.45, 7) is 0. The first kappa shape index (κ1) is 31.9. The number of para-hydroxylation sites is 3. The molecule has 0 radical (unpaired) electrons. The quantitative estimate of drug-likeness (QED) is 0.191. The molecule has 264 valence electrons. The summed E-state index contributed by atoms with van der Waals surface area (Å²) in [5, 5.41) is 11.3. The largest absolute Gasteiger partial charge is 0.398 e. The van der Waals surface area contributed by atoms with Crippen LogP contribution in [0.3, 0.4) is 0 Å². The predicted octanol–water partition coefficient (Wildman–Crippen LogP) is 10.4. The SMILES string of the molecule is N/C(c1ccc2c3ccccc3n(-c3ccccc3)c2c1)=c1/cccc/c1=C(/N)c1cc(-n2c3ccccc3c3cc4ccccc4cc32)cc2ccccc12. The van der Waals surface area contributed by atoms with Crippen LogP contribution in [0.2, 0.25) is 0 Å². The van der Waals surface area contributed by atoms with Gasteiger partial charge in [-0.25, -0.2) is 0 Å². The number of aromatic nitrogens is 2. The summed E-state index contributed by atoms with van der Waals surface area (Å²) in [5.41, 5.74) is 24.6. The minimum atomic E-state index is 0.671. The van der Waals surface area contributed by atoms with Crippen LogP contribution in [-0.4, -0.2) is 9.13 Å². The summed E-state index contributed by atoms with van der Waals surface area (Å²) in [6.07, 6.45) is 0. The van der Waals surface area contributed by atoms with Crippen molar-refractivity contribution in [3.63, 3.8) is 0 Å². The van der Waals surface area contributed by atoms with Gasteiger partial charge in [-0.15, -0.1) is 0 Å². The molecule has 0 unspecified atom stereocenters. The van der Waals surface area contributed by atoms with E-state index in [4.69, 9.17) is 11.5 Å². The Morgan fingerprint density at radius 1 is 0.321 bits per heavy atom. The monoisotopic (exact) mass is 716 g/mol. The van der Waals surface area contributed by atoms with Crippen molar-refractivity contribution in [3.8, 4) is 11.4 Å². The molecular formula is C52H36N4. The van der Waals surface area contributed by atoms with E-state index < -0.39 is 0 Å². The van der Waals surface area contributed by atoms with Crippen LogP contribution in [-0.2, 0) is 0 Å². The Kier molecular flexibility index (Phi) is 7.13. The van der Waals surface area contributed by atoms with E-state index in [9.17, 15) is 0 Å². The first-order valence-corrected chi connectivity index (χ1v) is 19.0. The Hall–Kier alpha value is -7.56. The zero-order valence-electron chi connectivity index (χ0n) is 30.5. The van der Waals surface area contributed by atoms with E-state index in [1.165, 1.54) is 32.3 Å². The van der Waals surface area contributed by atoms with E-state index in [0.29, 0.717) is 11.4 Å². The maximum absolute atomic E-state index is 7.40. The fourth-order valence-corrected chi connectivity index (χ4v) is 8.83. The molecule has 56 heavy (non-hydrogen) atoms. The van der Waals surface area contributed by atoms with Crippen LogP contribution in [0.15, 0.2) is 194 Å². The van der Waals surface area contributed by atoms with Gasteiger partial charge in [-0.3, -0.25) is 0 Å². The molecule has 0 aliphatic rings. The van der Waals surface area contributed by atoms with Crippen LogP contribution < -0.4 is 21.9 Å². The van der Waals surface area contributed by atoms with Gasteiger partial charge in [-0.1, -0.05) is 140 Å². The van der Waals surface area contributed by atoms with Crippen LogP contribution in [0.4, 0.5) is 0 Å². The summed E-state index contributed by atoms with van der Waals surface area (Å²) in [7, 11) is 0. The number of benzene rings is 9. The maximum atomic E-state index is 7.40. The summed E-state index contributed by atoms with van der Waals surface area (Å²) in [6, 6.07) is 68.8. The van der Waals surface area contributed by atoms with Crippen molar-refractivity contribution in [1.29, 1.82) is 0 Å². The minimum absolute atomic E-state index is 0.671. The standard InChI is InChI=1S/C52H36N4/c53-51(36-26-27-42-40-20-10-12-24-47(40)55(49(42)31-36)37-17-2-1-3-18-37)43-22-8-9-23-44(43)52(54)46-32-38(28-35-16-6-7-19-39(35)46)56-48-25-13-11-21-41(48)45-29-33-14-4-5-15-34(33)30-50(45)56/h1-32H,53-54H2/b51-43-,52-44-. The molecule has 2 heterocycles. The lowest BCUT2D eigenvalue weighted by atomic mass is 9.98. The molecule has 0 bridgehead atoms. The number of hydrogen-bond acceptors (Lipinski definition) is 2. The maximum Gasteiger partial charge on any atom is 0.0547 e. The molecule has 0 aliphatic carbocycles. The number of rotatable bonds is 4. The Bertz CT molecular complexity index is 3500. The van der Waals surface area contributed by atoms with Crippen molar-refractivity contribution >= 4 is 76.6 Å².